The topological polar surface area (TPSA) is 117 Å². The number of nitrogens with one attached hydrogen (secondary N) is 2. The number of hydrogen-bond acceptors (Lipinski definition) is 5. The van der Waals surface area contributed by atoms with Gasteiger partial charge in [-0.05, 0) is 101 Å². The van der Waals surface area contributed by atoms with E-state index in [4.69, 9.17) is 4.98 Å². The van der Waals surface area contributed by atoms with Crippen LogP contribution in [0.5, 0.6) is 0 Å². The zero-order valence-corrected chi connectivity index (χ0v) is 22.9. The second-order valence-corrected chi connectivity index (χ2v) is 11.2. The number of carbonyl (C=O) groups is 3. The van der Waals surface area contributed by atoms with Gasteiger partial charge in [0.1, 0.15) is 11.9 Å². The molecule has 2 aromatic carbocycles. The average Bonchev–Trinajstić information content (AvgIpc) is 3.53. The van der Waals surface area contributed by atoms with Crippen molar-refractivity contribution >= 4 is 34.8 Å². The summed E-state index contributed by atoms with van der Waals surface area (Å²) < 4.78 is 15.5. The first kappa shape index (κ1) is 27.8. The van der Waals surface area contributed by atoms with Gasteiger partial charge in [0.15, 0.2) is 0 Å². The van der Waals surface area contributed by atoms with Crippen molar-refractivity contribution in [3.8, 4) is 0 Å². The summed E-state index contributed by atoms with van der Waals surface area (Å²) in [5.74, 6) is -1.17. The Morgan fingerprint density at radius 1 is 1.05 bits per heavy atom. The fourth-order valence-corrected chi connectivity index (χ4v) is 6.00. The van der Waals surface area contributed by atoms with Crippen LogP contribution in [0, 0.1) is 11.7 Å². The van der Waals surface area contributed by atoms with E-state index in [1.807, 2.05) is 36.9 Å². The molecule has 2 amide bonds. The molecule has 3 N–H and O–H groups in total. The molecule has 1 aliphatic carbocycles. The largest absolute Gasteiger partial charge is 0.480 e. The van der Waals surface area contributed by atoms with E-state index < -0.39 is 17.8 Å². The Bertz CT molecular complexity index is 1400. The van der Waals surface area contributed by atoms with Gasteiger partial charge in [-0.3, -0.25) is 24.6 Å². The third-order valence-corrected chi connectivity index (χ3v) is 7.98. The quantitative estimate of drug-likeness (QED) is 0.374. The SMILES string of the molecule is CC(C)NC(=O)C1CCC(n2c(NC(=O)c3ccc(F)cc3)nc3ccc(CN4CCC[C@@H]4C(=O)O)cc32)CC1. The maximum absolute atomic E-state index is 13.4. The van der Waals surface area contributed by atoms with Gasteiger partial charge in [0, 0.05) is 30.1 Å². The Morgan fingerprint density at radius 2 is 1.77 bits per heavy atom. The van der Waals surface area contributed by atoms with Crippen molar-refractivity contribution in [2.24, 2.45) is 5.92 Å². The second kappa shape index (κ2) is 11.8. The molecular formula is C30H36FN5O4. The van der Waals surface area contributed by atoms with Crippen LogP contribution in [0.15, 0.2) is 42.5 Å². The number of imidazole rings is 1. The Balaban J connectivity index is 1.44. The first-order valence-electron chi connectivity index (χ1n) is 14.0. The summed E-state index contributed by atoms with van der Waals surface area (Å²) in [7, 11) is 0. The number of carbonyl (C=O) groups excluding carboxylic acids is 2. The molecule has 1 atom stereocenters. The molecule has 2 heterocycles. The number of benzene rings is 2. The summed E-state index contributed by atoms with van der Waals surface area (Å²) in [6.07, 6.45) is 4.44. The van der Waals surface area contributed by atoms with E-state index in [0.29, 0.717) is 30.0 Å². The van der Waals surface area contributed by atoms with Gasteiger partial charge in [0.05, 0.1) is 11.0 Å². The molecule has 212 valence electrons. The van der Waals surface area contributed by atoms with Crippen LogP contribution in [0.4, 0.5) is 10.3 Å². The van der Waals surface area contributed by atoms with Crippen molar-refractivity contribution in [1.29, 1.82) is 0 Å². The molecule has 40 heavy (non-hydrogen) atoms. The smallest absolute Gasteiger partial charge is 0.320 e. The van der Waals surface area contributed by atoms with Crippen molar-refractivity contribution in [2.45, 2.75) is 77.0 Å². The third-order valence-electron chi connectivity index (χ3n) is 7.98. The number of fused-ring (bicyclic) bond motifs is 1. The van der Waals surface area contributed by atoms with E-state index in [0.717, 1.165) is 49.7 Å². The minimum atomic E-state index is -0.798. The van der Waals surface area contributed by atoms with Crippen LogP contribution < -0.4 is 10.6 Å². The lowest BCUT2D eigenvalue weighted by atomic mass is 9.85. The summed E-state index contributed by atoms with van der Waals surface area (Å²) in [6, 6.07) is 10.9. The Labute approximate surface area is 232 Å². The number of amides is 2. The van der Waals surface area contributed by atoms with E-state index in [1.165, 1.54) is 24.3 Å². The molecule has 1 saturated heterocycles. The molecular weight excluding hydrogens is 513 g/mol. The number of aromatic nitrogens is 2. The molecule has 2 fully saturated rings. The van der Waals surface area contributed by atoms with Crippen molar-refractivity contribution < 1.29 is 23.9 Å². The van der Waals surface area contributed by atoms with Gasteiger partial charge in [-0.2, -0.15) is 0 Å². The fraction of sp³-hybridized carbons (Fsp3) is 0.467. The number of carboxylic acids is 1. The Kier molecular flexibility index (Phi) is 8.16. The van der Waals surface area contributed by atoms with E-state index in [-0.39, 0.29) is 29.8 Å². The van der Waals surface area contributed by atoms with Crippen LogP contribution in [-0.4, -0.2) is 56.0 Å². The zero-order valence-electron chi connectivity index (χ0n) is 22.9. The molecule has 1 aromatic heterocycles. The van der Waals surface area contributed by atoms with Gasteiger partial charge in [0.25, 0.3) is 5.91 Å². The number of likely N-dealkylation sites (tertiary alicyclic amines) is 1. The highest BCUT2D eigenvalue weighted by Crippen LogP contribution is 2.37. The average molecular weight is 550 g/mol. The van der Waals surface area contributed by atoms with Crippen LogP contribution in [-0.2, 0) is 16.1 Å². The van der Waals surface area contributed by atoms with Crippen LogP contribution >= 0.6 is 0 Å². The number of aliphatic carboxylic acids is 1. The molecule has 1 aliphatic heterocycles. The summed E-state index contributed by atoms with van der Waals surface area (Å²) in [5, 5.41) is 15.6. The number of anilines is 1. The molecule has 3 aromatic rings. The molecule has 9 nitrogen and oxygen atoms in total. The van der Waals surface area contributed by atoms with Crippen LogP contribution in [0.3, 0.4) is 0 Å². The van der Waals surface area contributed by atoms with E-state index in [9.17, 15) is 23.9 Å². The second-order valence-electron chi connectivity index (χ2n) is 11.2. The molecule has 0 unspecified atom stereocenters. The number of rotatable bonds is 8. The molecule has 0 spiro atoms. The Morgan fingerprint density at radius 3 is 2.45 bits per heavy atom. The standard InChI is InChI=1S/C30H36FN5O4/c1-18(2)32-27(37)21-8-12-23(13-9-21)36-26-16-19(17-35-15-3-4-25(35)29(39)40)5-14-24(26)33-30(36)34-28(38)20-6-10-22(31)11-7-20/h5-7,10-11,14,16,18,21,23,25H,3-4,8-9,12-13,15,17H2,1-2H3,(H,32,37)(H,39,40)(H,33,34,38)/t21?,23?,25-/m1/s1. The minimum absolute atomic E-state index is 0.0189. The van der Waals surface area contributed by atoms with Gasteiger partial charge in [-0.15, -0.1) is 0 Å². The molecule has 0 radical (unpaired) electrons. The highest BCUT2D eigenvalue weighted by Gasteiger charge is 2.32. The minimum Gasteiger partial charge on any atom is -0.480 e. The number of nitrogens with zero attached hydrogens (tertiary/aromatic N) is 3. The van der Waals surface area contributed by atoms with Crippen molar-refractivity contribution in [3.05, 3.63) is 59.4 Å². The van der Waals surface area contributed by atoms with Crippen LogP contribution in [0.25, 0.3) is 11.0 Å². The summed E-state index contributed by atoms with van der Waals surface area (Å²) >= 11 is 0. The monoisotopic (exact) mass is 549 g/mol. The molecule has 10 heteroatoms. The third kappa shape index (κ3) is 6.01. The lowest BCUT2D eigenvalue weighted by Crippen LogP contribution is -2.37. The maximum atomic E-state index is 13.4. The molecule has 5 rings (SSSR count). The van der Waals surface area contributed by atoms with Gasteiger partial charge >= 0.3 is 5.97 Å². The number of halogens is 1. The highest BCUT2D eigenvalue weighted by atomic mass is 19.1. The predicted octanol–water partition coefficient (Wildman–Crippen LogP) is 4.73. The normalized spacial score (nSPS) is 21.6. The van der Waals surface area contributed by atoms with E-state index >= 15 is 0 Å². The lowest BCUT2D eigenvalue weighted by molar-refractivity contribution is -0.142. The lowest BCUT2D eigenvalue weighted by Gasteiger charge is -2.30. The summed E-state index contributed by atoms with van der Waals surface area (Å²) in [6.45, 7) is 5.15. The first-order chi connectivity index (χ1) is 19.2. The van der Waals surface area contributed by atoms with Crippen molar-refractivity contribution in [2.75, 3.05) is 11.9 Å². The maximum Gasteiger partial charge on any atom is 0.320 e. The molecule has 2 aliphatic rings. The summed E-state index contributed by atoms with van der Waals surface area (Å²) in [5.41, 5.74) is 2.87. The van der Waals surface area contributed by atoms with E-state index in [1.54, 1.807) is 0 Å². The first-order valence-corrected chi connectivity index (χ1v) is 14.0. The molecule has 1 saturated carbocycles. The van der Waals surface area contributed by atoms with Gasteiger partial charge in [-0.25, -0.2) is 9.37 Å². The van der Waals surface area contributed by atoms with E-state index in [2.05, 4.69) is 15.2 Å². The fourth-order valence-electron chi connectivity index (χ4n) is 6.00. The van der Waals surface area contributed by atoms with Crippen LogP contribution in [0.2, 0.25) is 0 Å². The van der Waals surface area contributed by atoms with Crippen LogP contribution in [0.1, 0.15) is 74.3 Å². The van der Waals surface area contributed by atoms with Crippen molar-refractivity contribution in [1.82, 2.24) is 19.8 Å². The zero-order chi connectivity index (χ0) is 28.4. The summed E-state index contributed by atoms with van der Waals surface area (Å²) in [4.78, 5) is 44.1. The van der Waals surface area contributed by atoms with Gasteiger partial charge < -0.3 is 15.0 Å². The van der Waals surface area contributed by atoms with Gasteiger partial charge in [-0.1, -0.05) is 6.07 Å². The number of carboxylic acid groups (broad SMARTS) is 1. The predicted molar refractivity (Wildman–Crippen MR) is 149 cm³/mol. The van der Waals surface area contributed by atoms with Crippen molar-refractivity contribution in [3.63, 3.8) is 0 Å². The van der Waals surface area contributed by atoms with Gasteiger partial charge in [0.2, 0.25) is 11.9 Å². The highest BCUT2D eigenvalue weighted by molar-refractivity contribution is 6.04. The Hall–Kier alpha value is -3.79. The molecule has 0 bridgehead atoms. The number of hydrogen-bond donors (Lipinski definition) is 3.